The molecule has 0 saturated heterocycles. The summed E-state index contributed by atoms with van der Waals surface area (Å²) in [5.74, 6) is -1.29. The molecule has 0 atom stereocenters. The summed E-state index contributed by atoms with van der Waals surface area (Å²) in [6.45, 7) is 2.05. The Bertz CT molecular complexity index is 982. The number of amides is 1. The number of thiophene rings is 1. The molecule has 0 saturated carbocycles. The van der Waals surface area contributed by atoms with Gasteiger partial charge in [0.2, 0.25) is 0 Å². The van der Waals surface area contributed by atoms with Crippen LogP contribution in [0.15, 0.2) is 24.3 Å². The molecule has 2 N–H and O–H groups in total. The highest BCUT2D eigenvalue weighted by Gasteiger charge is 2.27. The maximum Gasteiger partial charge on any atom is 0.341 e. The van der Waals surface area contributed by atoms with Crippen LogP contribution in [-0.2, 0) is 22.3 Å². The van der Waals surface area contributed by atoms with Gasteiger partial charge in [-0.3, -0.25) is 10.1 Å². The molecule has 0 fully saturated rings. The Morgan fingerprint density at radius 2 is 1.73 bits per heavy atom. The van der Waals surface area contributed by atoms with Crippen LogP contribution in [0.25, 0.3) is 0 Å². The number of esters is 2. The van der Waals surface area contributed by atoms with Gasteiger partial charge in [0.25, 0.3) is 5.91 Å². The first-order chi connectivity index (χ1) is 14.4. The Labute approximate surface area is 183 Å². The summed E-state index contributed by atoms with van der Waals surface area (Å²) >= 11 is 6.76. The summed E-state index contributed by atoms with van der Waals surface area (Å²) in [6.07, 6.45) is 3.85. The molecular formula is C21H22N2O5S2. The van der Waals surface area contributed by atoms with Crippen molar-refractivity contribution in [2.24, 2.45) is 0 Å². The van der Waals surface area contributed by atoms with E-state index in [1.165, 1.54) is 42.7 Å². The van der Waals surface area contributed by atoms with Crippen molar-refractivity contribution in [3.8, 4) is 0 Å². The zero-order valence-corrected chi connectivity index (χ0v) is 18.3. The minimum Gasteiger partial charge on any atom is -0.465 e. The minimum absolute atomic E-state index is 0.0844. The predicted molar refractivity (Wildman–Crippen MR) is 118 cm³/mol. The molecule has 0 unspecified atom stereocenters. The van der Waals surface area contributed by atoms with Crippen molar-refractivity contribution < 1.29 is 23.9 Å². The molecule has 3 rings (SSSR count). The lowest BCUT2D eigenvalue weighted by atomic mass is 9.95. The normalized spacial score (nSPS) is 12.5. The van der Waals surface area contributed by atoms with Gasteiger partial charge in [0, 0.05) is 10.4 Å². The summed E-state index contributed by atoms with van der Waals surface area (Å²) in [6, 6.07) is 6.03. The molecule has 1 aromatic carbocycles. The van der Waals surface area contributed by atoms with Crippen LogP contribution >= 0.6 is 23.6 Å². The lowest BCUT2D eigenvalue weighted by Crippen LogP contribution is -2.34. The molecule has 1 heterocycles. The Hall–Kier alpha value is -2.78. The number of nitrogens with one attached hydrogen (secondary N) is 2. The van der Waals surface area contributed by atoms with Crippen LogP contribution in [-0.4, -0.2) is 36.7 Å². The number of ether oxygens (including phenoxy) is 2. The van der Waals surface area contributed by atoms with Crippen molar-refractivity contribution in [2.45, 2.75) is 32.6 Å². The number of aryl methyl sites for hydroxylation is 1. The molecule has 0 aliphatic heterocycles. The van der Waals surface area contributed by atoms with Crippen molar-refractivity contribution in [3.63, 3.8) is 0 Å². The molecule has 0 bridgehead atoms. The smallest absolute Gasteiger partial charge is 0.341 e. The molecule has 7 nitrogen and oxygen atoms in total. The number of fused-ring (bicyclic) bond motifs is 1. The van der Waals surface area contributed by atoms with Crippen molar-refractivity contribution in [2.75, 3.05) is 19.0 Å². The van der Waals surface area contributed by atoms with Gasteiger partial charge in [-0.2, -0.15) is 0 Å². The van der Waals surface area contributed by atoms with Crippen molar-refractivity contribution in [3.05, 3.63) is 51.4 Å². The fraction of sp³-hybridized carbons (Fsp3) is 0.333. The molecule has 1 amide bonds. The molecule has 0 spiro atoms. The fourth-order valence-corrected chi connectivity index (χ4v) is 4.80. The van der Waals surface area contributed by atoms with E-state index in [9.17, 15) is 14.4 Å². The third kappa shape index (κ3) is 4.85. The number of methoxy groups -OCH3 is 1. The zero-order valence-electron chi connectivity index (χ0n) is 16.7. The van der Waals surface area contributed by atoms with E-state index in [4.69, 9.17) is 17.0 Å². The van der Waals surface area contributed by atoms with E-state index < -0.39 is 11.9 Å². The zero-order chi connectivity index (χ0) is 21.7. The maximum absolute atomic E-state index is 12.5. The average molecular weight is 447 g/mol. The number of benzene rings is 1. The van der Waals surface area contributed by atoms with E-state index in [0.29, 0.717) is 21.7 Å². The van der Waals surface area contributed by atoms with E-state index in [1.807, 2.05) is 0 Å². The first kappa shape index (κ1) is 21.9. The molecule has 9 heteroatoms. The van der Waals surface area contributed by atoms with Crippen molar-refractivity contribution in [1.82, 2.24) is 5.32 Å². The van der Waals surface area contributed by atoms with Crippen LogP contribution in [0.5, 0.6) is 0 Å². The van der Waals surface area contributed by atoms with E-state index >= 15 is 0 Å². The number of anilines is 1. The number of carbonyl (C=O) groups is 3. The van der Waals surface area contributed by atoms with E-state index in [0.717, 1.165) is 36.1 Å². The maximum atomic E-state index is 12.5. The van der Waals surface area contributed by atoms with Gasteiger partial charge >= 0.3 is 11.9 Å². The lowest BCUT2D eigenvalue weighted by Gasteiger charge is -2.13. The molecule has 158 valence electrons. The Kier molecular flexibility index (Phi) is 7.17. The molecule has 1 aliphatic carbocycles. The van der Waals surface area contributed by atoms with Crippen molar-refractivity contribution >= 4 is 51.5 Å². The van der Waals surface area contributed by atoms with Gasteiger partial charge in [-0.05, 0) is 74.7 Å². The Balaban J connectivity index is 1.73. The summed E-state index contributed by atoms with van der Waals surface area (Å²) < 4.78 is 9.87. The number of hydrogen-bond donors (Lipinski definition) is 2. The molecular weight excluding hydrogens is 424 g/mol. The molecule has 2 aromatic rings. The fourth-order valence-electron chi connectivity index (χ4n) is 3.26. The first-order valence-corrected chi connectivity index (χ1v) is 10.8. The van der Waals surface area contributed by atoms with E-state index in [1.54, 1.807) is 6.92 Å². The highest BCUT2D eigenvalue weighted by Crippen LogP contribution is 2.38. The predicted octanol–water partition coefficient (Wildman–Crippen LogP) is 3.72. The monoisotopic (exact) mass is 446 g/mol. The highest BCUT2D eigenvalue weighted by molar-refractivity contribution is 7.80. The quantitative estimate of drug-likeness (QED) is 0.534. The molecule has 1 aliphatic rings. The van der Waals surface area contributed by atoms with Gasteiger partial charge in [0.05, 0.1) is 24.8 Å². The van der Waals surface area contributed by atoms with Crippen LogP contribution in [0, 0.1) is 0 Å². The topological polar surface area (TPSA) is 93.7 Å². The standard InChI is InChI=1S/C21H22N2O5S2/c1-3-28-20(26)16-14-6-4-5-7-15(14)30-18(16)23-21(29)22-17(24)12-8-10-13(11-9-12)19(25)27-2/h8-11H,3-7H2,1-2H3,(H2,22,23,24,29). The highest BCUT2D eigenvalue weighted by atomic mass is 32.1. The second kappa shape index (κ2) is 9.82. The number of hydrogen-bond acceptors (Lipinski definition) is 7. The lowest BCUT2D eigenvalue weighted by molar-refractivity contribution is 0.0525. The summed E-state index contributed by atoms with van der Waals surface area (Å²) in [5, 5.41) is 6.27. The second-order valence-corrected chi connectivity index (χ2v) is 8.13. The van der Waals surface area contributed by atoms with Crippen LogP contribution in [0.3, 0.4) is 0 Å². The molecule has 30 heavy (non-hydrogen) atoms. The van der Waals surface area contributed by atoms with Gasteiger partial charge < -0.3 is 14.8 Å². The summed E-state index contributed by atoms with van der Waals surface area (Å²) in [7, 11) is 1.29. The van der Waals surface area contributed by atoms with Gasteiger partial charge in [0.15, 0.2) is 5.11 Å². The Morgan fingerprint density at radius 3 is 2.40 bits per heavy atom. The van der Waals surface area contributed by atoms with Gasteiger partial charge in [-0.1, -0.05) is 0 Å². The summed E-state index contributed by atoms with van der Waals surface area (Å²) in [4.78, 5) is 37.6. The SMILES string of the molecule is CCOC(=O)c1c(NC(=S)NC(=O)c2ccc(C(=O)OC)cc2)sc2c1CCCC2. The third-order valence-corrected chi connectivity index (χ3v) is 6.08. The molecule has 1 aromatic heterocycles. The number of thiocarbonyl (C=S) groups is 1. The second-order valence-electron chi connectivity index (χ2n) is 6.61. The van der Waals surface area contributed by atoms with Crippen LogP contribution in [0.2, 0.25) is 0 Å². The minimum atomic E-state index is -0.479. The van der Waals surface area contributed by atoms with Gasteiger partial charge in [-0.25, -0.2) is 9.59 Å². The van der Waals surface area contributed by atoms with Crippen LogP contribution < -0.4 is 10.6 Å². The Morgan fingerprint density at radius 1 is 1.07 bits per heavy atom. The van der Waals surface area contributed by atoms with E-state index in [2.05, 4.69) is 15.4 Å². The van der Waals surface area contributed by atoms with Crippen LogP contribution in [0.4, 0.5) is 5.00 Å². The largest absolute Gasteiger partial charge is 0.465 e. The van der Waals surface area contributed by atoms with Crippen LogP contribution in [0.1, 0.15) is 61.3 Å². The number of carbonyl (C=O) groups excluding carboxylic acids is 3. The van der Waals surface area contributed by atoms with Gasteiger partial charge in [-0.15, -0.1) is 11.3 Å². The van der Waals surface area contributed by atoms with Crippen molar-refractivity contribution in [1.29, 1.82) is 0 Å². The van der Waals surface area contributed by atoms with Gasteiger partial charge in [0.1, 0.15) is 5.00 Å². The summed E-state index contributed by atoms with van der Waals surface area (Å²) in [5.41, 5.74) is 2.20. The molecule has 0 radical (unpaired) electrons. The third-order valence-electron chi connectivity index (χ3n) is 4.67. The number of rotatable bonds is 5. The average Bonchev–Trinajstić information content (AvgIpc) is 3.11. The first-order valence-electron chi connectivity index (χ1n) is 9.57. The van der Waals surface area contributed by atoms with E-state index in [-0.39, 0.29) is 17.7 Å².